The third-order valence-corrected chi connectivity index (χ3v) is 5.98. The molecule has 4 aromatic rings. The number of thioether (sulfide) groups is 1. The largest absolute Gasteiger partial charge is 0.497 e. The van der Waals surface area contributed by atoms with E-state index in [4.69, 9.17) is 14.2 Å². The summed E-state index contributed by atoms with van der Waals surface area (Å²) in [5.41, 5.74) is 1.54. The molecule has 0 saturated heterocycles. The lowest BCUT2D eigenvalue weighted by molar-refractivity contribution is -0.113. The van der Waals surface area contributed by atoms with Crippen molar-refractivity contribution in [3.8, 4) is 34.3 Å². The number of hydrogen-bond donors (Lipinski definition) is 1. The standard InChI is InChI=1S/C25H23FN4O4S/c1-32-18-10-8-17(9-11-18)30-24(21-6-4-5-7-22(21)26)28-29-25(30)35-15-23(31)27-16-12-19(33-2)14-20(13-16)34-3/h4-14H,15H2,1-3H3,(H,27,31). The fourth-order valence-electron chi connectivity index (χ4n) is 3.35. The van der Waals surface area contributed by atoms with Gasteiger partial charge < -0.3 is 19.5 Å². The highest BCUT2D eigenvalue weighted by atomic mass is 32.2. The molecule has 4 rings (SSSR count). The van der Waals surface area contributed by atoms with Crippen molar-refractivity contribution < 1.29 is 23.4 Å². The summed E-state index contributed by atoms with van der Waals surface area (Å²) in [6, 6.07) is 18.7. The van der Waals surface area contributed by atoms with Gasteiger partial charge in [-0.25, -0.2) is 4.39 Å². The van der Waals surface area contributed by atoms with Gasteiger partial charge in [-0.05, 0) is 36.4 Å². The Balaban J connectivity index is 1.60. The number of methoxy groups -OCH3 is 3. The van der Waals surface area contributed by atoms with Crippen molar-refractivity contribution in [2.75, 3.05) is 32.4 Å². The Morgan fingerprint density at radius 2 is 1.57 bits per heavy atom. The van der Waals surface area contributed by atoms with E-state index in [0.717, 1.165) is 0 Å². The number of nitrogens with one attached hydrogen (secondary N) is 1. The molecule has 1 aromatic heterocycles. The minimum atomic E-state index is -0.420. The predicted molar refractivity (Wildman–Crippen MR) is 132 cm³/mol. The van der Waals surface area contributed by atoms with E-state index in [2.05, 4.69) is 15.5 Å². The van der Waals surface area contributed by atoms with Crippen molar-refractivity contribution in [1.82, 2.24) is 14.8 Å². The monoisotopic (exact) mass is 494 g/mol. The van der Waals surface area contributed by atoms with E-state index in [1.807, 2.05) is 12.1 Å². The number of anilines is 1. The topological polar surface area (TPSA) is 87.5 Å². The van der Waals surface area contributed by atoms with Crippen LogP contribution in [0.1, 0.15) is 0 Å². The average Bonchev–Trinajstić information content (AvgIpc) is 3.31. The minimum Gasteiger partial charge on any atom is -0.497 e. The zero-order valence-electron chi connectivity index (χ0n) is 19.3. The molecule has 35 heavy (non-hydrogen) atoms. The summed E-state index contributed by atoms with van der Waals surface area (Å²) in [7, 11) is 4.65. The van der Waals surface area contributed by atoms with Crippen LogP contribution >= 0.6 is 11.8 Å². The number of benzene rings is 3. The van der Waals surface area contributed by atoms with Gasteiger partial charge in [-0.15, -0.1) is 10.2 Å². The second-order valence-corrected chi connectivity index (χ2v) is 8.20. The van der Waals surface area contributed by atoms with Gasteiger partial charge in [0, 0.05) is 23.9 Å². The molecule has 0 aliphatic rings. The van der Waals surface area contributed by atoms with E-state index < -0.39 is 5.82 Å². The van der Waals surface area contributed by atoms with Crippen LogP contribution in [0, 0.1) is 5.82 Å². The summed E-state index contributed by atoms with van der Waals surface area (Å²) < 4.78 is 32.0. The Hall–Kier alpha value is -4.05. The number of aromatic nitrogens is 3. The van der Waals surface area contributed by atoms with Crippen LogP contribution in [0.4, 0.5) is 10.1 Å². The van der Waals surface area contributed by atoms with Gasteiger partial charge in [-0.3, -0.25) is 9.36 Å². The first-order valence-electron chi connectivity index (χ1n) is 10.5. The first kappa shape index (κ1) is 24.1. The molecule has 0 spiro atoms. The van der Waals surface area contributed by atoms with E-state index in [-0.39, 0.29) is 11.7 Å². The molecule has 1 N–H and O–H groups in total. The SMILES string of the molecule is COc1ccc(-n2c(SCC(=O)Nc3cc(OC)cc(OC)c3)nnc2-c2ccccc2F)cc1. The summed E-state index contributed by atoms with van der Waals surface area (Å²) in [5, 5.41) is 11.7. The van der Waals surface area contributed by atoms with Crippen molar-refractivity contribution >= 4 is 23.4 Å². The van der Waals surface area contributed by atoms with E-state index in [1.54, 1.807) is 60.2 Å². The van der Waals surface area contributed by atoms with Gasteiger partial charge in [-0.2, -0.15) is 0 Å². The maximum Gasteiger partial charge on any atom is 0.234 e. The van der Waals surface area contributed by atoms with Crippen LogP contribution < -0.4 is 19.5 Å². The maximum absolute atomic E-state index is 14.6. The zero-order chi connectivity index (χ0) is 24.8. The fourth-order valence-corrected chi connectivity index (χ4v) is 4.10. The first-order chi connectivity index (χ1) is 17.0. The van der Waals surface area contributed by atoms with Gasteiger partial charge in [0.2, 0.25) is 5.91 Å². The summed E-state index contributed by atoms with van der Waals surface area (Å²) in [6.07, 6.45) is 0. The smallest absolute Gasteiger partial charge is 0.234 e. The molecule has 0 saturated carbocycles. The van der Waals surface area contributed by atoms with Crippen LogP contribution in [0.5, 0.6) is 17.2 Å². The normalized spacial score (nSPS) is 10.6. The molecule has 0 bridgehead atoms. The highest BCUT2D eigenvalue weighted by Gasteiger charge is 2.20. The van der Waals surface area contributed by atoms with E-state index in [1.165, 1.54) is 32.0 Å². The third kappa shape index (κ3) is 5.55. The quantitative estimate of drug-likeness (QED) is 0.334. The van der Waals surface area contributed by atoms with Crippen molar-refractivity contribution in [2.45, 2.75) is 5.16 Å². The summed E-state index contributed by atoms with van der Waals surface area (Å²) >= 11 is 1.18. The predicted octanol–water partition coefficient (Wildman–Crippen LogP) is 4.83. The van der Waals surface area contributed by atoms with Gasteiger partial charge >= 0.3 is 0 Å². The molecule has 10 heteroatoms. The zero-order valence-corrected chi connectivity index (χ0v) is 20.1. The molecule has 1 amide bonds. The van der Waals surface area contributed by atoms with Gasteiger partial charge in [0.1, 0.15) is 23.1 Å². The molecule has 0 unspecified atom stereocenters. The molecular formula is C25H23FN4O4S. The van der Waals surface area contributed by atoms with Crippen molar-refractivity contribution in [1.29, 1.82) is 0 Å². The van der Waals surface area contributed by atoms with Gasteiger partial charge in [-0.1, -0.05) is 23.9 Å². The van der Waals surface area contributed by atoms with Gasteiger partial charge in [0.05, 0.1) is 38.3 Å². The van der Waals surface area contributed by atoms with Crippen molar-refractivity contribution in [3.63, 3.8) is 0 Å². The van der Waals surface area contributed by atoms with Gasteiger partial charge in [0.25, 0.3) is 0 Å². The number of hydrogen-bond acceptors (Lipinski definition) is 7. The van der Waals surface area contributed by atoms with E-state index in [9.17, 15) is 9.18 Å². The second-order valence-electron chi connectivity index (χ2n) is 7.26. The lowest BCUT2D eigenvalue weighted by Gasteiger charge is -2.12. The second kappa shape index (κ2) is 10.9. The number of carbonyl (C=O) groups excluding carboxylic acids is 1. The summed E-state index contributed by atoms with van der Waals surface area (Å²) in [4.78, 5) is 12.7. The van der Waals surface area contributed by atoms with Crippen LogP contribution in [0.15, 0.2) is 71.9 Å². The maximum atomic E-state index is 14.6. The fraction of sp³-hybridized carbons (Fsp3) is 0.160. The van der Waals surface area contributed by atoms with Crippen LogP contribution in [0.25, 0.3) is 17.1 Å². The number of carbonyl (C=O) groups is 1. The van der Waals surface area contributed by atoms with Gasteiger partial charge in [0.15, 0.2) is 11.0 Å². The molecular weight excluding hydrogens is 471 g/mol. The van der Waals surface area contributed by atoms with Crippen LogP contribution in [0.3, 0.4) is 0 Å². The molecule has 0 aliphatic heterocycles. The number of rotatable bonds is 9. The first-order valence-corrected chi connectivity index (χ1v) is 11.5. The molecule has 0 aliphatic carbocycles. The Bertz CT molecular complexity index is 1310. The Morgan fingerprint density at radius 3 is 2.20 bits per heavy atom. The van der Waals surface area contributed by atoms with Crippen LogP contribution in [-0.2, 0) is 4.79 Å². The number of halogens is 1. The van der Waals surface area contributed by atoms with Crippen LogP contribution in [0.2, 0.25) is 0 Å². The number of amides is 1. The van der Waals surface area contributed by atoms with E-state index in [0.29, 0.717) is 45.2 Å². The van der Waals surface area contributed by atoms with Crippen LogP contribution in [-0.4, -0.2) is 47.8 Å². The molecule has 0 radical (unpaired) electrons. The Kier molecular flexibility index (Phi) is 7.51. The molecule has 180 valence electrons. The molecule has 3 aromatic carbocycles. The highest BCUT2D eigenvalue weighted by molar-refractivity contribution is 7.99. The molecule has 0 fully saturated rings. The lowest BCUT2D eigenvalue weighted by atomic mass is 10.2. The summed E-state index contributed by atoms with van der Waals surface area (Å²) in [5.74, 6) is 1.48. The third-order valence-electron chi connectivity index (χ3n) is 5.05. The number of nitrogens with zero attached hydrogens (tertiary/aromatic N) is 3. The Labute approximate surface area is 206 Å². The highest BCUT2D eigenvalue weighted by Crippen LogP contribution is 2.31. The molecule has 0 atom stereocenters. The number of ether oxygens (including phenoxy) is 3. The average molecular weight is 495 g/mol. The van der Waals surface area contributed by atoms with Crippen molar-refractivity contribution in [2.24, 2.45) is 0 Å². The van der Waals surface area contributed by atoms with E-state index >= 15 is 0 Å². The minimum absolute atomic E-state index is 0.0467. The van der Waals surface area contributed by atoms with Crippen molar-refractivity contribution in [3.05, 3.63) is 72.5 Å². The summed E-state index contributed by atoms with van der Waals surface area (Å²) in [6.45, 7) is 0. The molecule has 8 nitrogen and oxygen atoms in total. The Morgan fingerprint density at radius 1 is 0.914 bits per heavy atom. The lowest BCUT2D eigenvalue weighted by Crippen LogP contribution is -2.14. The molecule has 1 heterocycles.